The average molecular weight is 157 g/mol. The van der Waals surface area contributed by atoms with E-state index in [-0.39, 0.29) is 6.17 Å². The minimum Gasteiger partial charge on any atom is -0.464 e. The second-order valence-electron chi connectivity index (χ2n) is 3.04. The number of hydrazine groups is 1. The summed E-state index contributed by atoms with van der Waals surface area (Å²) in [6.45, 7) is 1.71. The summed E-state index contributed by atoms with van der Waals surface area (Å²) in [6.07, 6.45) is 0.0355. The maximum atomic E-state index is 10.6. The number of hydrogen-bond donors (Lipinski definition) is 3. The molecule has 5 heteroatoms. The highest BCUT2D eigenvalue weighted by Gasteiger charge is 2.36. The molecule has 2 aliphatic rings. The van der Waals surface area contributed by atoms with Gasteiger partial charge >= 0.3 is 6.09 Å². The average Bonchev–Trinajstić information content (AvgIpc) is 2.32. The van der Waals surface area contributed by atoms with Gasteiger partial charge in [-0.05, 0) is 12.3 Å². The second-order valence-corrected chi connectivity index (χ2v) is 3.04. The molecule has 62 valence electrons. The Kier molecular flexibility index (Phi) is 1.47. The van der Waals surface area contributed by atoms with Gasteiger partial charge in [-0.25, -0.2) is 15.2 Å². The van der Waals surface area contributed by atoms with Crippen molar-refractivity contribution in [3.8, 4) is 0 Å². The molecule has 0 saturated carbocycles. The first-order valence-electron chi connectivity index (χ1n) is 3.76. The molecule has 11 heavy (non-hydrogen) atoms. The van der Waals surface area contributed by atoms with E-state index in [1.54, 1.807) is 0 Å². The summed E-state index contributed by atoms with van der Waals surface area (Å²) in [5.74, 6) is 0.607. The third-order valence-corrected chi connectivity index (χ3v) is 2.27. The Hall–Kier alpha value is -0.810. The molecular formula is C6H11N3O2. The Balaban J connectivity index is 2.07. The molecule has 5 nitrogen and oxygen atoms in total. The molecule has 2 fully saturated rings. The first-order valence-corrected chi connectivity index (χ1v) is 3.76. The lowest BCUT2D eigenvalue weighted by atomic mass is 10.1. The predicted octanol–water partition coefficient (Wildman–Crippen LogP) is -0.580. The van der Waals surface area contributed by atoms with Crippen LogP contribution < -0.4 is 10.7 Å². The van der Waals surface area contributed by atoms with E-state index in [9.17, 15) is 4.79 Å². The number of hydrogen-bond acceptors (Lipinski definition) is 3. The number of rotatable bonds is 0. The Morgan fingerprint density at radius 3 is 3.09 bits per heavy atom. The third kappa shape index (κ3) is 1.06. The summed E-state index contributed by atoms with van der Waals surface area (Å²) in [5.41, 5.74) is 2.85. The van der Waals surface area contributed by atoms with Gasteiger partial charge in [-0.15, -0.1) is 0 Å². The van der Waals surface area contributed by atoms with Crippen LogP contribution >= 0.6 is 0 Å². The van der Waals surface area contributed by atoms with Crippen molar-refractivity contribution < 1.29 is 9.90 Å². The zero-order chi connectivity index (χ0) is 7.84. The zero-order valence-electron chi connectivity index (χ0n) is 6.08. The summed E-state index contributed by atoms with van der Waals surface area (Å²) < 4.78 is 0. The molecule has 2 rings (SSSR count). The van der Waals surface area contributed by atoms with E-state index >= 15 is 0 Å². The van der Waals surface area contributed by atoms with Crippen molar-refractivity contribution in [1.29, 1.82) is 0 Å². The van der Waals surface area contributed by atoms with E-state index in [1.165, 1.54) is 5.01 Å². The first-order chi connectivity index (χ1) is 5.27. The first kappa shape index (κ1) is 6.87. The van der Waals surface area contributed by atoms with Crippen molar-refractivity contribution >= 4 is 6.09 Å². The number of nitrogens with zero attached hydrogens (tertiary/aromatic N) is 1. The van der Waals surface area contributed by atoms with Crippen molar-refractivity contribution in [2.75, 3.05) is 13.1 Å². The standard InChI is InChI=1S/C6H11N3O2/c10-6(11)9-5-1-4(2-7-5)3-8-9/h4-5,7-8H,1-3H2,(H,10,11). The van der Waals surface area contributed by atoms with Gasteiger partial charge in [0.2, 0.25) is 0 Å². The smallest absolute Gasteiger partial charge is 0.423 e. The largest absolute Gasteiger partial charge is 0.464 e. The molecule has 2 bridgehead atoms. The van der Waals surface area contributed by atoms with Gasteiger partial charge in [0, 0.05) is 13.1 Å². The van der Waals surface area contributed by atoms with Gasteiger partial charge in [0.15, 0.2) is 0 Å². The maximum Gasteiger partial charge on any atom is 0.423 e. The molecule has 1 amide bonds. The minimum atomic E-state index is -0.900. The lowest BCUT2D eigenvalue weighted by molar-refractivity contribution is 0.0703. The monoisotopic (exact) mass is 157 g/mol. The highest BCUT2D eigenvalue weighted by Crippen LogP contribution is 2.19. The van der Waals surface area contributed by atoms with Gasteiger partial charge in [0.25, 0.3) is 0 Å². The fraction of sp³-hybridized carbons (Fsp3) is 0.833. The van der Waals surface area contributed by atoms with E-state index in [1.807, 2.05) is 0 Å². The molecule has 0 radical (unpaired) electrons. The van der Waals surface area contributed by atoms with Crippen LogP contribution in [0.15, 0.2) is 0 Å². The Labute approximate surface area is 64.3 Å². The van der Waals surface area contributed by atoms with Gasteiger partial charge in [-0.3, -0.25) is 5.32 Å². The highest BCUT2D eigenvalue weighted by molar-refractivity contribution is 5.64. The molecule has 2 aliphatic heterocycles. The van der Waals surface area contributed by atoms with Crippen molar-refractivity contribution in [2.45, 2.75) is 12.6 Å². The summed E-state index contributed by atoms with van der Waals surface area (Å²) in [5, 5.41) is 13.1. The van der Waals surface area contributed by atoms with Gasteiger partial charge < -0.3 is 5.11 Å². The predicted molar refractivity (Wildman–Crippen MR) is 37.8 cm³/mol. The van der Waals surface area contributed by atoms with Crippen molar-refractivity contribution in [3.63, 3.8) is 0 Å². The van der Waals surface area contributed by atoms with Crippen LogP contribution in [0, 0.1) is 5.92 Å². The van der Waals surface area contributed by atoms with Crippen LogP contribution in [0.3, 0.4) is 0 Å². The lowest BCUT2D eigenvalue weighted by Gasteiger charge is -2.30. The van der Waals surface area contributed by atoms with Crippen LogP contribution in [0.5, 0.6) is 0 Å². The molecule has 2 heterocycles. The zero-order valence-corrected chi connectivity index (χ0v) is 6.08. The van der Waals surface area contributed by atoms with Crippen LogP contribution in [0.1, 0.15) is 6.42 Å². The van der Waals surface area contributed by atoms with Crippen LogP contribution in [0.2, 0.25) is 0 Å². The number of nitrogens with one attached hydrogen (secondary N) is 2. The maximum absolute atomic E-state index is 10.6. The van der Waals surface area contributed by atoms with Crippen molar-refractivity contribution in [1.82, 2.24) is 15.8 Å². The van der Waals surface area contributed by atoms with Gasteiger partial charge in [0.05, 0.1) is 0 Å². The molecule has 2 unspecified atom stereocenters. The SMILES string of the molecule is O=C(O)N1NCC2CNC1C2. The Morgan fingerprint density at radius 1 is 1.55 bits per heavy atom. The topological polar surface area (TPSA) is 64.6 Å². The molecule has 0 aromatic rings. The number of carbonyl (C=O) groups is 1. The molecule has 0 aromatic carbocycles. The highest BCUT2D eigenvalue weighted by atomic mass is 16.4. The van der Waals surface area contributed by atoms with E-state index in [4.69, 9.17) is 5.11 Å². The van der Waals surface area contributed by atoms with E-state index in [0.29, 0.717) is 5.92 Å². The summed E-state index contributed by atoms with van der Waals surface area (Å²) >= 11 is 0. The minimum absolute atomic E-state index is 0.00810. The summed E-state index contributed by atoms with van der Waals surface area (Å²) in [7, 11) is 0. The van der Waals surface area contributed by atoms with Crippen molar-refractivity contribution in [3.05, 3.63) is 0 Å². The summed E-state index contributed by atoms with van der Waals surface area (Å²) in [4.78, 5) is 10.6. The van der Waals surface area contributed by atoms with Gasteiger partial charge in [-0.1, -0.05) is 0 Å². The van der Waals surface area contributed by atoms with E-state index in [2.05, 4.69) is 10.7 Å². The van der Waals surface area contributed by atoms with E-state index in [0.717, 1.165) is 19.5 Å². The van der Waals surface area contributed by atoms with Gasteiger partial charge in [0.1, 0.15) is 6.17 Å². The van der Waals surface area contributed by atoms with Crippen LogP contribution in [0.25, 0.3) is 0 Å². The normalized spacial score (nSPS) is 35.8. The fourth-order valence-electron chi connectivity index (χ4n) is 1.68. The molecule has 0 aromatic heterocycles. The summed E-state index contributed by atoms with van der Waals surface area (Å²) in [6, 6.07) is 0. The van der Waals surface area contributed by atoms with Crippen LogP contribution in [-0.4, -0.2) is 35.5 Å². The molecule has 3 N–H and O–H groups in total. The number of amides is 1. The molecule has 0 spiro atoms. The molecule has 0 aliphatic carbocycles. The van der Waals surface area contributed by atoms with E-state index < -0.39 is 6.09 Å². The number of fused-ring (bicyclic) bond motifs is 2. The molecular weight excluding hydrogens is 146 g/mol. The van der Waals surface area contributed by atoms with Crippen LogP contribution in [0.4, 0.5) is 4.79 Å². The van der Waals surface area contributed by atoms with Crippen molar-refractivity contribution in [2.24, 2.45) is 5.92 Å². The third-order valence-electron chi connectivity index (χ3n) is 2.27. The van der Waals surface area contributed by atoms with Gasteiger partial charge in [-0.2, -0.15) is 0 Å². The fourth-order valence-corrected chi connectivity index (χ4v) is 1.68. The van der Waals surface area contributed by atoms with Crippen LogP contribution in [-0.2, 0) is 0 Å². The quantitative estimate of drug-likeness (QED) is 0.440. The molecule has 2 atom stereocenters. The Morgan fingerprint density at radius 2 is 2.36 bits per heavy atom. The lowest BCUT2D eigenvalue weighted by Crippen LogP contribution is -2.54. The number of carboxylic acid groups (broad SMARTS) is 1. The second kappa shape index (κ2) is 2.35. The molecule has 2 saturated heterocycles. The Bertz CT molecular complexity index is 185.